The summed E-state index contributed by atoms with van der Waals surface area (Å²) in [5, 5.41) is 5.12. The number of fused-ring (bicyclic) bond motifs is 1. The highest BCUT2D eigenvalue weighted by Crippen LogP contribution is 2.17. The van der Waals surface area contributed by atoms with Crippen molar-refractivity contribution in [3.05, 3.63) is 42.1 Å². The second-order valence-corrected chi connectivity index (χ2v) is 3.96. The van der Waals surface area contributed by atoms with Crippen LogP contribution < -0.4 is 0 Å². The highest BCUT2D eigenvalue weighted by Gasteiger charge is 2.04. The van der Waals surface area contributed by atoms with Gasteiger partial charge in [0.2, 0.25) is 0 Å². The normalized spacial score (nSPS) is 10.9. The summed E-state index contributed by atoms with van der Waals surface area (Å²) in [6.07, 6.45) is 3.11. The van der Waals surface area contributed by atoms with Crippen molar-refractivity contribution in [1.82, 2.24) is 24.7 Å². The quantitative estimate of drug-likeness (QED) is 0.634. The van der Waals surface area contributed by atoms with Crippen LogP contribution in [0.25, 0.3) is 16.9 Å². The van der Waals surface area contributed by atoms with Crippen LogP contribution in [0.5, 0.6) is 0 Å². The molecule has 17 heavy (non-hydrogen) atoms. The number of pyridine rings is 2. The second-order valence-electron chi connectivity index (χ2n) is 3.96. The minimum atomic E-state index is 0.729. The molecule has 0 aromatic carbocycles. The lowest BCUT2D eigenvalue weighted by Gasteiger charge is -2.05. The fourth-order valence-corrected chi connectivity index (χ4v) is 1.88. The molecule has 0 aliphatic rings. The molecule has 0 aliphatic carbocycles. The van der Waals surface area contributed by atoms with Gasteiger partial charge in [-0.3, -0.25) is 0 Å². The number of hydrogen-bond donors (Lipinski definition) is 0. The standard InChI is InChI=1S/C12H11N5/c1-8-5-9(2)15-12-10(8)3-4-11(16-12)17-7-13-6-14-17/h3-7H,1-2H3. The van der Waals surface area contributed by atoms with Gasteiger partial charge < -0.3 is 0 Å². The topological polar surface area (TPSA) is 56.5 Å². The highest BCUT2D eigenvalue weighted by molar-refractivity contribution is 5.79. The molecule has 0 saturated heterocycles. The van der Waals surface area contributed by atoms with Crippen LogP contribution in [0.2, 0.25) is 0 Å². The van der Waals surface area contributed by atoms with E-state index in [2.05, 4.69) is 33.0 Å². The van der Waals surface area contributed by atoms with Crippen LogP contribution in [0.1, 0.15) is 11.3 Å². The summed E-state index contributed by atoms with van der Waals surface area (Å²) in [5.74, 6) is 0.729. The molecule has 0 unspecified atom stereocenters. The molecule has 5 heteroatoms. The Morgan fingerprint density at radius 3 is 2.76 bits per heavy atom. The number of nitrogens with zero attached hydrogens (tertiary/aromatic N) is 5. The summed E-state index contributed by atoms with van der Waals surface area (Å²) < 4.78 is 1.62. The molecule has 0 saturated carbocycles. The molecule has 0 N–H and O–H groups in total. The number of aromatic nitrogens is 5. The van der Waals surface area contributed by atoms with Gasteiger partial charge in [0.25, 0.3) is 0 Å². The Kier molecular flexibility index (Phi) is 2.11. The predicted octanol–water partition coefficient (Wildman–Crippen LogP) is 1.83. The van der Waals surface area contributed by atoms with E-state index >= 15 is 0 Å². The van der Waals surface area contributed by atoms with Crippen LogP contribution in [0.4, 0.5) is 0 Å². The molecule has 0 amide bonds. The van der Waals surface area contributed by atoms with Gasteiger partial charge in [0.15, 0.2) is 11.5 Å². The minimum Gasteiger partial charge on any atom is -0.233 e. The Bertz CT molecular complexity index is 673. The number of hydrogen-bond acceptors (Lipinski definition) is 4. The fourth-order valence-electron chi connectivity index (χ4n) is 1.88. The van der Waals surface area contributed by atoms with E-state index in [1.807, 2.05) is 19.1 Å². The maximum Gasteiger partial charge on any atom is 0.162 e. The van der Waals surface area contributed by atoms with Gasteiger partial charge in [-0.15, -0.1) is 0 Å². The second kappa shape index (κ2) is 3.62. The van der Waals surface area contributed by atoms with Crippen LogP contribution in [0.15, 0.2) is 30.9 Å². The Labute approximate surface area is 98.2 Å². The molecule has 0 aliphatic heterocycles. The summed E-state index contributed by atoms with van der Waals surface area (Å²) in [6.45, 7) is 4.03. The first kappa shape index (κ1) is 9.89. The van der Waals surface area contributed by atoms with E-state index in [0.29, 0.717) is 0 Å². The van der Waals surface area contributed by atoms with Crippen LogP contribution in [0, 0.1) is 13.8 Å². The van der Waals surface area contributed by atoms with Gasteiger partial charge in [0.05, 0.1) is 0 Å². The van der Waals surface area contributed by atoms with Gasteiger partial charge in [-0.2, -0.15) is 5.10 Å². The monoisotopic (exact) mass is 225 g/mol. The molecular formula is C12H11N5. The zero-order valence-corrected chi connectivity index (χ0v) is 9.62. The lowest BCUT2D eigenvalue weighted by molar-refractivity contribution is 0.849. The minimum absolute atomic E-state index is 0.729. The molecule has 3 rings (SSSR count). The third-order valence-electron chi connectivity index (χ3n) is 2.65. The van der Waals surface area contributed by atoms with E-state index in [9.17, 15) is 0 Å². The van der Waals surface area contributed by atoms with Crippen LogP contribution in [-0.4, -0.2) is 24.7 Å². The van der Waals surface area contributed by atoms with E-state index in [4.69, 9.17) is 0 Å². The van der Waals surface area contributed by atoms with Crippen molar-refractivity contribution in [2.45, 2.75) is 13.8 Å². The zero-order chi connectivity index (χ0) is 11.8. The lowest BCUT2D eigenvalue weighted by atomic mass is 10.1. The highest BCUT2D eigenvalue weighted by atomic mass is 15.3. The maximum atomic E-state index is 4.49. The van der Waals surface area contributed by atoms with Crippen molar-refractivity contribution in [3.8, 4) is 5.82 Å². The molecule has 3 aromatic heterocycles. The summed E-state index contributed by atoms with van der Waals surface area (Å²) in [4.78, 5) is 12.8. The van der Waals surface area contributed by atoms with Gasteiger partial charge in [0.1, 0.15) is 12.7 Å². The third-order valence-corrected chi connectivity index (χ3v) is 2.65. The molecule has 3 aromatic rings. The van der Waals surface area contributed by atoms with Crippen molar-refractivity contribution >= 4 is 11.0 Å². The lowest BCUT2D eigenvalue weighted by Crippen LogP contribution is -1.99. The van der Waals surface area contributed by atoms with E-state index in [1.165, 1.54) is 11.9 Å². The molecule has 3 heterocycles. The van der Waals surface area contributed by atoms with E-state index in [-0.39, 0.29) is 0 Å². The average molecular weight is 225 g/mol. The molecule has 84 valence electrons. The van der Waals surface area contributed by atoms with Gasteiger partial charge >= 0.3 is 0 Å². The van der Waals surface area contributed by atoms with Crippen molar-refractivity contribution in [2.24, 2.45) is 0 Å². The van der Waals surface area contributed by atoms with Crippen molar-refractivity contribution in [3.63, 3.8) is 0 Å². The Morgan fingerprint density at radius 2 is 2.00 bits per heavy atom. The molecule has 0 radical (unpaired) electrons. The zero-order valence-electron chi connectivity index (χ0n) is 9.62. The van der Waals surface area contributed by atoms with E-state index < -0.39 is 0 Å². The van der Waals surface area contributed by atoms with Gasteiger partial charge in [-0.25, -0.2) is 19.6 Å². The summed E-state index contributed by atoms with van der Waals surface area (Å²) >= 11 is 0. The Hall–Kier alpha value is -2.30. The molecule has 0 atom stereocenters. The van der Waals surface area contributed by atoms with Crippen LogP contribution in [0.3, 0.4) is 0 Å². The molecule has 0 spiro atoms. The summed E-state index contributed by atoms with van der Waals surface area (Å²) in [6, 6.07) is 5.99. The van der Waals surface area contributed by atoms with Crippen molar-refractivity contribution < 1.29 is 0 Å². The van der Waals surface area contributed by atoms with E-state index in [0.717, 1.165) is 22.5 Å². The molecule has 0 bridgehead atoms. The molecular weight excluding hydrogens is 214 g/mol. The smallest absolute Gasteiger partial charge is 0.162 e. The Balaban J connectivity index is 2.26. The predicted molar refractivity (Wildman–Crippen MR) is 63.9 cm³/mol. The van der Waals surface area contributed by atoms with Gasteiger partial charge in [-0.1, -0.05) is 0 Å². The van der Waals surface area contributed by atoms with Crippen LogP contribution >= 0.6 is 0 Å². The first-order chi connectivity index (χ1) is 8.24. The maximum absolute atomic E-state index is 4.49. The SMILES string of the molecule is Cc1cc(C)c2ccc(-n3cncn3)nc2n1. The van der Waals surface area contributed by atoms with Crippen molar-refractivity contribution in [1.29, 1.82) is 0 Å². The largest absolute Gasteiger partial charge is 0.233 e. The third kappa shape index (κ3) is 1.65. The molecule has 0 fully saturated rings. The van der Waals surface area contributed by atoms with Gasteiger partial charge in [0, 0.05) is 11.1 Å². The molecule has 5 nitrogen and oxygen atoms in total. The van der Waals surface area contributed by atoms with Gasteiger partial charge in [-0.05, 0) is 37.6 Å². The number of rotatable bonds is 1. The Morgan fingerprint density at radius 1 is 1.12 bits per heavy atom. The summed E-state index contributed by atoms with van der Waals surface area (Å²) in [5.41, 5.74) is 2.90. The number of aryl methyl sites for hydroxylation is 2. The first-order valence-corrected chi connectivity index (χ1v) is 5.34. The van der Waals surface area contributed by atoms with Crippen molar-refractivity contribution in [2.75, 3.05) is 0 Å². The fraction of sp³-hybridized carbons (Fsp3) is 0.167. The van der Waals surface area contributed by atoms with Crippen LogP contribution in [-0.2, 0) is 0 Å². The first-order valence-electron chi connectivity index (χ1n) is 5.34. The average Bonchev–Trinajstić information content (AvgIpc) is 2.81. The summed E-state index contributed by atoms with van der Waals surface area (Å²) in [7, 11) is 0. The van der Waals surface area contributed by atoms with E-state index in [1.54, 1.807) is 11.0 Å².